The predicted octanol–water partition coefficient (Wildman–Crippen LogP) is 5.17. The van der Waals surface area contributed by atoms with Gasteiger partial charge in [0, 0.05) is 30.0 Å². The summed E-state index contributed by atoms with van der Waals surface area (Å²) in [6, 6.07) is 19.9. The van der Waals surface area contributed by atoms with Crippen LogP contribution >= 0.6 is 0 Å². The van der Waals surface area contributed by atoms with Crippen LogP contribution in [0.5, 0.6) is 5.75 Å². The van der Waals surface area contributed by atoms with Gasteiger partial charge in [-0.1, -0.05) is 63.2 Å². The summed E-state index contributed by atoms with van der Waals surface area (Å²) < 4.78 is 19.7. The number of aromatic nitrogens is 1. The van der Waals surface area contributed by atoms with Crippen LogP contribution in [0, 0.1) is 17.3 Å². The maximum atomic E-state index is 13.4. The van der Waals surface area contributed by atoms with Gasteiger partial charge in [0.15, 0.2) is 0 Å². The lowest BCUT2D eigenvalue weighted by atomic mass is 9.43. The molecule has 3 aromatic rings. The highest BCUT2D eigenvalue weighted by Crippen LogP contribution is 2.65. The fraction of sp³-hybridized carbons (Fsp3) is 0.515. The molecule has 8 heteroatoms. The van der Waals surface area contributed by atoms with Crippen molar-refractivity contribution >= 4 is 23.9 Å². The van der Waals surface area contributed by atoms with E-state index in [9.17, 15) is 4.79 Å². The third-order valence-electron chi connectivity index (χ3n) is 10.5. The van der Waals surface area contributed by atoms with Crippen molar-refractivity contribution in [3.05, 3.63) is 60.7 Å². The first-order valence-corrected chi connectivity index (χ1v) is 15.2. The van der Waals surface area contributed by atoms with Gasteiger partial charge in [0.1, 0.15) is 11.9 Å². The summed E-state index contributed by atoms with van der Waals surface area (Å²) in [6.07, 6.45) is 3.56. The average molecular weight is 554 g/mol. The van der Waals surface area contributed by atoms with Crippen molar-refractivity contribution in [3.8, 4) is 17.0 Å². The molecule has 1 amide bonds. The zero-order valence-corrected chi connectivity index (χ0v) is 24.4. The van der Waals surface area contributed by atoms with Crippen molar-refractivity contribution in [2.75, 3.05) is 6.54 Å². The third-order valence-corrected chi connectivity index (χ3v) is 10.5. The lowest BCUT2D eigenvalue weighted by Gasteiger charge is -2.64. The van der Waals surface area contributed by atoms with Crippen molar-refractivity contribution in [2.45, 2.75) is 83.2 Å². The fourth-order valence-corrected chi connectivity index (χ4v) is 7.89. The Labute approximate surface area is 242 Å². The molecule has 8 rings (SSSR count). The summed E-state index contributed by atoms with van der Waals surface area (Å²) in [5, 5.41) is 7.61. The Bertz CT molecular complexity index is 1450. The molecule has 2 N–H and O–H groups in total. The second-order valence-corrected chi connectivity index (χ2v) is 13.2. The molecule has 3 saturated carbocycles. The van der Waals surface area contributed by atoms with Crippen molar-refractivity contribution in [2.24, 2.45) is 17.3 Å². The minimum absolute atomic E-state index is 0.0237. The maximum Gasteiger partial charge on any atom is 0.481 e. The van der Waals surface area contributed by atoms with Crippen LogP contribution in [0.25, 0.3) is 22.2 Å². The van der Waals surface area contributed by atoms with Crippen molar-refractivity contribution in [1.82, 2.24) is 15.6 Å². The highest BCUT2D eigenvalue weighted by Gasteiger charge is 2.68. The molecule has 7 nitrogen and oxygen atoms in total. The number of rotatable bonds is 7. The standard InChI is InChI=1S/C33H40BN3O4/c1-5-30(34-40-29-16-21-15-28(32(21,2)3)33(29,4)41-34)37-31(38)26-17-22(19-35-26)39-27-18-25(20-11-7-6-8-12-20)36-24-14-10-9-13-23(24)27/h6-14,18,21-22,26,28-30,35H,5,15-17,19H2,1-4H3,(H,37,38)/t21-,22+,26-,28-,29+,30-,33-/m0/s1. The van der Waals surface area contributed by atoms with Gasteiger partial charge in [-0.05, 0) is 55.6 Å². The first-order valence-electron chi connectivity index (χ1n) is 15.2. The van der Waals surface area contributed by atoms with Crippen LogP contribution in [0.1, 0.15) is 53.4 Å². The molecule has 5 aliphatic rings. The molecular formula is C33H40BN3O4. The first kappa shape index (κ1) is 26.9. The Morgan fingerprint density at radius 1 is 1.12 bits per heavy atom. The molecule has 3 heterocycles. The Morgan fingerprint density at radius 3 is 2.68 bits per heavy atom. The minimum atomic E-state index is -0.415. The smallest absolute Gasteiger partial charge is 0.481 e. The van der Waals surface area contributed by atoms with E-state index in [0.29, 0.717) is 30.2 Å². The van der Waals surface area contributed by atoms with Gasteiger partial charge in [0.25, 0.3) is 0 Å². The highest BCUT2D eigenvalue weighted by molar-refractivity contribution is 6.47. The monoisotopic (exact) mass is 553 g/mol. The highest BCUT2D eigenvalue weighted by atomic mass is 16.7. The number of pyridine rings is 1. The largest absolute Gasteiger partial charge is 0.488 e. The summed E-state index contributed by atoms with van der Waals surface area (Å²) in [5.74, 6) is 1.77. The summed E-state index contributed by atoms with van der Waals surface area (Å²) in [7, 11) is -0.415. The van der Waals surface area contributed by atoms with E-state index in [0.717, 1.165) is 40.8 Å². The molecule has 41 heavy (non-hydrogen) atoms. The molecule has 0 unspecified atom stereocenters. The summed E-state index contributed by atoms with van der Waals surface area (Å²) in [4.78, 5) is 18.3. The van der Waals surface area contributed by atoms with Crippen molar-refractivity contribution < 1.29 is 18.8 Å². The zero-order valence-electron chi connectivity index (χ0n) is 24.4. The normalized spacial score (nSPS) is 32.3. The molecule has 2 aromatic carbocycles. The van der Waals surface area contributed by atoms with E-state index in [1.54, 1.807) is 0 Å². The van der Waals surface area contributed by atoms with Crippen LogP contribution < -0.4 is 15.4 Å². The molecule has 214 valence electrons. The lowest BCUT2D eigenvalue weighted by Crippen LogP contribution is -2.65. The van der Waals surface area contributed by atoms with E-state index < -0.39 is 7.12 Å². The van der Waals surface area contributed by atoms with Gasteiger partial charge in [-0.15, -0.1) is 0 Å². The SMILES string of the molecule is CC[C@H](NC(=O)[C@@H]1C[C@@H](Oc2cc(-c3ccccc3)nc3ccccc23)CN1)B1O[C@@H]2C[C@@H]3C[C@@H](C3(C)C)[C@]2(C)O1. The lowest BCUT2D eigenvalue weighted by molar-refractivity contribution is -0.199. The van der Waals surface area contributed by atoms with E-state index in [1.165, 1.54) is 6.42 Å². The molecule has 3 aliphatic carbocycles. The van der Waals surface area contributed by atoms with Gasteiger partial charge in [-0.3, -0.25) is 4.79 Å². The van der Waals surface area contributed by atoms with Gasteiger partial charge in [0.2, 0.25) is 5.91 Å². The number of para-hydroxylation sites is 1. The molecule has 2 bridgehead atoms. The minimum Gasteiger partial charge on any atom is -0.488 e. The third kappa shape index (κ3) is 4.55. The molecule has 2 saturated heterocycles. The van der Waals surface area contributed by atoms with Crippen LogP contribution in [0.2, 0.25) is 0 Å². The Balaban J connectivity index is 1.02. The maximum absolute atomic E-state index is 13.4. The van der Waals surface area contributed by atoms with Crippen molar-refractivity contribution in [1.29, 1.82) is 0 Å². The Hall–Kier alpha value is -2.94. The number of amides is 1. The molecule has 2 aliphatic heterocycles. The fourth-order valence-electron chi connectivity index (χ4n) is 7.89. The van der Waals surface area contributed by atoms with Crippen LogP contribution in [0.15, 0.2) is 60.7 Å². The number of hydrogen-bond acceptors (Lipinski definition) is 6. The summed E-state index contributed by atoms with van der Waals surface area (Å²) >= 11 is 0. The number of fused-ring (bicyclic) bond motifs is 1. The molecule has 7 atom stereocenters. The van der Waals surface area contributed by atoms with E-state index >= 15 is 0 Å². The topological polar surface area (TPSA) is 81.7 Å². The molecule has 0 spiro atoms. The second kappa shape index (κ2) is 10.1. The quantitative estimate of drug-likeness (QED) is 0.393. The van der Waals surface area contributed by atoms with Gasteiger partial charge in [-0.2, -0.15) is 0 Å². The Morgan fingerprint density at radius 2 is 1.90 bits per heavy atom. The molecular weight excluding hydrogens is 513 g/mol. The number of carbonyl (C=O) groups is 1. The van der Waals surface area contributed by atoms with E-state index in [2.05, 4.69) is 50.5 Å². The van der Waals surface area contributed by atoms with Gasteiger partial charge in [-0.25, -0.2) is 4.98 Å². The number of nitrogens with one attached hydrogen (secondary N) is 2. The predicted molar refractivity (Wildman–Crippen MR) is 160 cm³/mol. The number of ether oxygens (including phenoxy) is 1. The summed E-state index contributed by atoms with van der Waals surface area (Å²) in [5.41, 5.74) is 2.82. The van der Waals surface area contributed by atoms with Crippen LogP contribution in [-0.4, -0.2) is 54.3 Å². The van der Waals surface area contributed by atoms with E-state index in [4.69, 9.17) is 19.0 Å². The average Bonchev–Trinajstić information content (AvgIpc) is 3.60. The first-order chi connectivity index (χ1) is 19.8. The van der Waals surface area contributed by atoms with Gasteiger partial charge >= 0.3 is 7.12 Å². The second-order valence-electron chi connectivity index (χ2n) is 13.2. The van der Waals surface area contributed by atoms with E-state index in [1.807, 2.05) is 48.5 Å². The van der Waals surface area contributed by atoms with E-state index in [-0.39, 0.29) is 35.7 Å². The van der Waals surface area contributed by atoms with Crippen molar-refractivity contribution in [3.63, 3.8) is 0 Å². The number of nitrogens with zero attached hydrogens (tertiary/aromatic N) is 1. The summed E-state index contributed by atoms with van der Waals surface area (Å²) in [6.45, 7) is 9.63. The molecule has 1 aromatic heterocycles. The van der Waals surface area contributed by atoms with Gasteiger partial charge in [0.05, 0.1) is 34.9 Å². The number of carbonyl (C=O) groups excluding carboxylic acids is 1. The number of benzene rings is 2. The zero-order chi connectivity index (χ0) is 28.4. The number of hydrogen-bond donors (Lipinski definition) is 2. The van der Waals surface area contributed by atoms with Crippen LogP contribution in [0.3, 0.4) is 0 Å². The van der Waals surface area contributed by atoms with Crippen LogP contribution in [0.4, 0.5) is 0 Å². The van der Waals surface area contributed by atoms with Gasteiger partial charge < -0.3 is 24.7 Å². The molecule has 0 radical (unpaired) electrons. The van der Waals surface area contributed by atoms with Crippen LogP contribution in [-0.2, 0) is 14.1 Å². The Kier molecular flexibility index (Phi) is 6.64. The molecule has 5 fully saturated rings.